The van der Waals surface area contributed by atoms with Crippen LogP contribution >= 0.6 is 15.9 Å². The number of halogens is 1. The number of aromatic nitrogens is 2. The van der Waals surface area contributed by atoms with E-state index in [-0.39, 0.29) is 6.42 Å². The highest BCUT2D eigenvalue weighted by atomic mass is 79.9. The lowest BCUT2D eigenvalue weighted by molar-refractivity contribution is -0.143. The van der Waals surface area contributed by atoms with Gasteiger partial charge in [0, 0.05) is 7.05 Å². The number of aryl methyl sites for hydroxylation is 1. The molecule has 1 N–H and O–H groups in total. The molecule has 0 saturated carbocycles. The number of esters is 1. The lowest BCUT2D eigenvalue weighted by Gasteiger charge is -2.08. The molecule has 1 aromatic heterocycles. The third kappa shape index (κ3) is 2.55. The van der Waals surface area contributed by atoms with Crippen molar-refractivity contribution in [3.8, 4) is 0 Å². The van der Waals surface area contributed by atoms with E-state index in [1.807, 2.05) is 0 Å². The summed E-state index contributed by atoms with van der Waals surface area (Å²) in [6, 6.07) is 1.66. The summed E-state index contributed by atoms with van der Waals surface area (Å²) in [6.45, 7) is 0. The van der Waals surface area contributed by atoms with Crippen LogP contribution in [-0.2, 0) is 16.6 Å². The fourth-order valence-corrected chi connectivity index (χ4v) is 1.58. The maximum atomic E-state index is 10.9. The Morgan fingerprint density at radius 3 is 2.93 bits per heavy atom. The number of rotatable bonds is 3. The van der Waals surface area contributed by atoms with Crippen LogP contribution in [0.3, 0.4) is 0 Å². The standard InChI is InChI=1S/C8H11BrN2O3/c1-11-5(3-7(9)10-11)6(12)4-8(13)14-2/h3,6,12H,4H2,1-2H3/t6-/m1/s1. The van der Waals surface area contributed by atoms with E-state index in [9.17, 15) is 9.90 Å². The first-order valence-electron chi connectivity index (χ1n) is 3.99. The summed E-state index contributed by atoms with van der Waals surface area (Å²) in [5, 5.41) is 13.6. The van der Waals surface area contributed by atoms with Gasteiger partial charge in [-0.3, -0.25) is 9.48 Å². The number of carbonyl (C=O) groups is 1. The minimum atomic E-state index is -0.883. The van der Waals surface area contributed by atoms with Crippen molar-refractivity contribution in [2.75, 3.05) is 7.11 Å². The number of hydrogen-bond donors (Lipinski definition) is 1. The van der Waals surface area contributed by atoms with E-state index in [2.05, 4.69) is 25.8 Å². The molecule has 0 aromatic carbocycles. The number of nitrogens with zero attached hydrogens (tertiary/aromatic N) is 2. The topological polar surface area (TPSA) is 64.3 Å². The Morgan fingerprint density at radius 1 is 1.86 bits per heavy atom. The van der Waals surface area contributed by atoms with E-state index in [0.717, 1.165) is 0 Å². The highest BCUT2D eigenvalue weighted by Gasteiger charge is 2.17. The van der Waals surface area contributed by atoms with E-state index in [1.165, 1.54) is 11.8 Å². The predicted molar refractivity (Wildman–Crippen MR) is 52.5 cm³/mol. The summed E-state index contributed by atoms with van der Waals surface area (Å²) in [5.41, 5.74) is 0.572. The van der Waals surface area contributed by atoms with Gasteiger partial charge >= 0.3 is 5.97 Å². The predicted octanol–water partition coefficient (Wildman–Crippen LogP) is 0.779. The number of aliphatic hydroxyl groups is 1. The van der Waals surface area contributed by atoms with Gasteiger partial charge in [0.05, 0.1) is 19.2 Å². The highest BCUT2D eigenvalue weighted by Crippen LogP contribution is 2.19. The van der Waals surface area contributed by atoms with Crippen LogP contribution in [0.1, 0.15) is 18.2 Å². The molecular weight excluding hydrogens is 252 g/mol. The molecule has 0 saturated heterocycles. The SMILES string of the molecule is COC(=O)C[C@@H](O)c1cc(Br)nn1C. The van der Waals surface area contributed by atoms with Gasteiger partial charge in [-0.15, -0.1) is 0 Å². The summed E-state index contributed by atoms with van der Waals surface area (Å²) < 4.78 is 6.58. The Kier molecular flexibility index (Phi) is 3.65. The van der Waals surface area contributed by atoms with E-state index < -0.39 is 12.1 Å². The number of methoxy groups -OCH3 is 1. The molecule has 0 amide bonds. The second kappa shape index (κ2) is 4.56. The Morgan fingerprint density at radius 2 is 2.50 bits per heavy atom. The molecule has 78 valence electrons. The molecule has 1 heterocycles. The normalized spacial score (nSPS) is 12.6. The zero-order valence-corrected chi connectivity index (χ0v) is 9.48. The average Bonchev–Trinajstić information content (AvgIpc) is 2.45. The molecule has 0 spiro atoms. The lowest BCUT2D eigenvalue weighted by Crippen LogP contribution is -2.11. The van der Waals surface area contributed by atoms with Gasteiger partial charge in [-0.05, 0) is 22.0 Å². The molecule has 0 aliphatic carbocycles. The Hall–Kier alpha value is -0.880. The van der Waals surface area contributed by atoms with Crippen LogP contribution in [0.2, 0.25) is 0 Å². The summed E-state index contributed by atoms with van der Waals surface area (Å²) in [5.74, 6) is -0.449. The maximum absolute atomic E-state index is 10.9. The Bertz CT molecular complexity index is 337. The quantitative estimate of drug-likeness (QED) is 0.818. The largest absolute Gasteiger partial charge is 0.469 e. The molecule has 1 aromatic rings. The van der Waals surface area contributed by atoms with Crippen LogP contribution in [0.5, 0.6) is 0 Å². The number of carbonyl (C=O) groups excluding carboxylic acids is 1. The number of ether oxygens (including phenoxy) is 1. The van der Waals surface area contributed by atoms with Crippen molar-refractivity contribution in [2.24, 2.45) is 7.05 Å². The molecule has 14 heavy (non-hydrogen) atoms. The fraction of sp³-hybridized carbons (Fsp3) is 0.500. The van der Waals surface area contributed by atoms with E-state index >= 15 is 0 Å². The zero-order valence-electron chi connectivity index (χ0n) is 7.90. The molecule has 5 nitrogen and oxygen atoms in total. The monoisotopic (exact) mass is 262 g/mol. The van der Waals surface area contributed by atoms with E-state index in [0.29, 0.717) is 10.3 Å². The van der Waals surface area contributed by atoms with Crippen molar-refractivity contribution in [2.45, 2.75) is 12.5 Å². The smallest absolute Gasteiger partial charge is 0.308 e. The van der Waals surface area contributed by atoms with Crippen molar-refractivity contribution in [3.05, 3.63) is 16.4 Å². The molecule has 1 rings (SSSR count). The van der Waals surface area contributed by atoms with Gasteiger partial charge in [0.15, 0.2) is 0 Å². The van der Waals surface area contributed by atoms with Crippen molar-refractivity contribution in [1.29, 1.82) is 0 Å². The minimum Gasteiger partial charge on any atom is -0.469 e. The molecule has 0 radical (unpaired) electrons. The van der Waals surface area contributed by atoms with Gasteiger partial charge in [0.1, 0.15) is 10.7 Å². The molecule has 0 aliphatic heterocycles. The third-order valence-electron chi connectivity index (χ3n) is 1.82. The van der Waals surface area contributed by atoms with Gasteiger partial charge in [0.25, 0.3) is 0 Å². The van der Waals surface area contributed by atoms with Gasteiger partial charge in [-0.1, -0.05) is 0 Å². The van der Waals surface area contributed by atoms with Gasteiger partial charge < -0.3 is 9.84 Å². The molecule has 0 bridgehead atoms. The summed E-state index contributed by atoms with van der Waals surface area (Å²) >= 11 is 3.18. The van der Waals surface area contributed by atoms with Gasteiger partial charge in [-0.2, -0.15) is 5.10 Å². The van der Waals surface area contributed by atoms with E-state index in [4.69, 9.17) is 0 Å². The maximum Gasteiger partial charge on any atom is 0.308 e. The molecular formula is C8H11BrN2O3. The van der Waals surface area contributed by atoms with Crippen LogP contribution in [0.25, 0.3) is 0 Å². The van der Waals surface area contributed by atoms with Crippen LogP contribution in [0.15, 0.2) is 10.7 Å². The van der Waals surface area contributed by atoms with Crippen LogP contribution in [-0.4, -0.2) is 28.0 Å². The Labute approximate surface area is 89.8 Å². The summed E-state index contributed by atoms with van der Waals surface area (Å²) in [6.07, 6.45) is -0.950. The van der Waals surface area contributed by atoms with Gasteiger partial charge in [0.2, 0.25) is 0 Å². The molecule has 0 fully saturated rings. The third-order valence-corrected chi connectivity index (χ3v) is 2.20. The van der Waals surface area contributed by atoms with Crippen molar-refractivity contribution in [1.82, 2.24) is 9.78 Å². The van der Waals surface area contributed by atoms with E-state index in [1.54, 1.807) is 13.1 Å². The second-order valence-electron chi connectivity index (χ2n) is 2.81. The minimum absolute atomic E-state index is 0.0670. The van der Waals surface area contributed by atoms with Crippen molar-refractivity contribution >= 4 is 21.9 Å². The molecule has 6 heteroatoms. The van der Waals surface area contributed by atoms with Crippen LogP contribution < -0.4 is 0 Å². The molecule has 0 unspecified atom stereocenters. The molecule has 0 aliphatic rings. The van der Waals surface area contributed by atoms with Gasteiger partial charge in [-0.25, -0.2) is 0 Å². The highest BCUT2D eigenvalue weighted by molar-refractivity contribution is 9.10. The fourth-order valence-electron chi connectivity index (χ4n) is 1.10. The van der Waals surface area contributed by atoms with Crippen molar-refractivity contribution in [3.63, 3.8) is 0 Å². The van der Waals surface area contributed by atoms with Crippen LogP contribution in [0, 0.1) is 0 Å². The Balaban J connectivity index is 2.73. The number of hydrogen-bond acceptors (Lipinski definition) is 4. The lowest BCUT2D eigenvalue weighted by atomic mass is 10.2. The number of aliphatic hydroxyl groups excluding tert-OH is 1. The van der Waals surface area contributed by atoms with Crippen LogP contribution in [0.4, 0.5) is 0 Å². The first-order valence-corrected chi connectivity index (χ1v) is 4.78. The second-order valence-corrected chi connectivity index (χ2v) is 3.62. The molecule has 1 atom stereocenters. The summed E-state index contributed by atoms with van der Waals surface area (Å²) in [4.78, 5) is 10.9. The first kappa shape index (κ1) is 11.2. The summed E-state index contributed by atoms with van der Waals surface area (Å²) in [7, 11) is 2.98. The zero-order chi connectivity index (χ0) is 10.7. The first-order chi connectivity index (χ1) is 6.54. The average molecular weight is 263 g/mol. The van der Waals surface area contributed by atoms with Crippen molar-refractivity contribution < 1.29 is 14.6 Å².